The van der Waals surface area contributed by atoms with Crippen molar-refractivity contribution >= 4 is 5.91 Å². The van der Waals surface area contributed by atoms with E-state index in [-0.39, 0.29) is 5.91 Å². The second-order valence-electron chi connectivity index (χ2n) is 6.73. The summed E-state index contributed by atoms with van der Waals surface area (Å²) in [4.78, 5) is 13.5. The van der Waals surface area contributed by atoms with Crippen molar-refractivity contribution in [2.75, 3.05) is 13.1 Å². The van der Waals surface area contributed by atoms with Gasteiger partial charge < -0.3 is 19.1 Å². The Labute approximate surface area is 147 Å². The van der Waals surface area contributed by atoms with Gasteiger partial charge in [-0.25, -0.2) is 0 Å². The van der Waals surface area contributed by atoms with Crippen LogP contribution in [-0.2, 0) is 11.3 Å². The van der Waals surface area contributed by atoms with E-state index in [2.05, 4.69) is 22.4 Å². The molecule has 1 amide bonds. The maximum Gasteiger partial charge on any atom is 0.283 e. The fraction of sp³-hybridized carbons (Fsp3) is 0.611. The molecule has 1 fully saturated rings. The van der Waals surface area contributed by atoms with Gasteiger partial charge in [-0.05, 0) is 31.4 Å². The molecule has 0 aromatic carbocycles. The lowest BCUT2D eigenvalue weighted by molar-refractivity contribution is -0.907. The van der Waals surface area contributed by atoms with Crippen LogP contribution in [0.4, 0.5) is 0 Å². The van der Waals surface area contributed by atoms with Gasteiger partial charge in [-0.1, -0.05) is 26.2 Å². The fourth-order valence-corrected chi connectivity index (χ4v) is 3.38. The second kappa shape index (κ2) is 8.80. The molecule has 0 saturated heterocycles. The van der Waals surface area contributed by atoms with E-state index in [4.69, 9.17) is 8.83 Å². The SMILES string of the molecule is CCC[NH+](CC(=O)NC1CCCCC1)Cc1nnc(-c2ccco2)o1. The van der Waals surface area contributed by atoms with E-state index in [0.717, 1.165) is 30.7 Å². The Morgan fingerprint density at radius 2 is 2.16 bits per heavy atom. The first-order valence-electron chi connectivity index (χ1n) is 9.23. The molecule has 0 spiro atoms. The molecule has 7 heteroatoms. The Hall–Kier alpha value is -2.15. The number of amides is 1. The number of nitrogens with one attached hydrogen (secondary N) is 2. The first kappa shape index (κ1) is 17.7. The first-order valence-corrected chi connectivity index (χ1v) is 9.23. The maximum absolute atomic E-state index is 12.4. The Bertz CT molecular complexity index is 647. The minimum atomic E-state index is 0.112. The van der Waals surface area contributed by atoms with E-state index in [0.29, 0.717) is 36.7 Å². The van der Waals surface area contributed by atoms with Crippen LogP contribution in [0.25, 0.3) is 11.7 Å². The molecule has 2 heterocycles. The third kappa shape index (κ3) is 5.16. The molecule has 2 aromatic heterocycles. The van der Waals surface area contributed by atoms with Crippen LogP contribution < -0.4 is 10.2 Å². The first-order chi connectivity index (χ1) is 12.2. The highest BCUT2D eigenvalue weighted by Gasteiger charge is 2.21. The van der Waals surface area contributed by atoms with Crippen molar-refractivity contribution in [3.05, 3.63) is 24.3 Å². The van der Waals surface area contributed by atoms with E-state index in [1.807, 2.05) is 0 Å². The predicted molar refractivity (Wildman–Crippen MR) is 91.7 cm³/mol. The molecule has 0 radical (unpaired) electrons. The van der Waals surface area contributed by atoms with Crippen LogP contribution in [0, 0.1) is 0 Å². The molecule has 1 unspecified atom stereocenters. The number of carbonyl (C=O) groups is 1. The zero-order chi connectivity index (χ0) is 17.5. The van der Waals surface area contributed by atoms with Gasteiger partial charge in [0.2, 0.25) is 0 Å². The molecule has 0 bridgehead atoms. The molecule has 7 nitrogen and oxygen atoms in total. The zero-order valence-corrected chi connectivity index (χ0v) is 14.8. The van der Waals surface area contributed by atoms with E-state index in [1.165, 1.54) is 19.3 Å². The third-order valence-corrected chi connectivity index (χ3v) is 4.58. The molecule has 136 valence electrons. The van der Waals surface area contributed by atoms with Gasteiger partial charge in [0.15, 0.2) is 18.8 Å². The molecule has 1 aliphatic rings. The molecule has 0 aliphatic heterocycles. The number of hydrogen-bond donors (Lipinski definition) is 2. The van der Waals surface area contributed by atoms with Crippen molar-refractivity contribution in [2.45, 2.75) is 58.0 Å². The summed E-state index contributed by atoms with van der Waals surface area (Å²) < 4.78 is 10.9. The van der Waals surface area contributed by atoms with Crippen LogP contribution in [-0.4, -0.2) is 35.2 Å². The second-order valence-corrected chi connectivity index (χ2v) is 6.73. The summed E-state index contributed by atoms with van der Waals surface area (Å²) >= 11 is 0. The average Bonchev–Trinajstić information content (AvgIpc) is 3.27. The van der Waals surface area contributed by atoms with Gasteiger partial charge in [-0.2, -0.15) is 0 Å². The highest BCUT2D eigenvalue weighted by atomic mass is 16.4. The molecule has 1 saturated carbocycles. The Morgan fingerprint density at radius 3 is 2.88 bits per heavy atom. The van der Waals surface area contributed by atoms with Gasteiger partial charge in [-0.3, -0.25) is 4.79 Å². The maximum atomic E-state index is 12.4. The fourth-order valence-electron chi connectivity index (χ4n) is 3.38. The van der Waals surface area contributed by atoms with Crippen molar-refractivity contribution in [2.24, 2.45) is 0 Å². The van der Waals surface area contributed by atoms with E-state index in [1.54, 1.807) is 18.4 Å². The number of nitrogens with zero attached hydrogens (tertiary/aromatic N) is 2. The summed E-state index contributed by atoms with van der Waals surface area (Å²) in [5.74, 6) is 1.58. The zero-order valence-electron chi connectivity index (χ0n) is 14.8. The van der Waals surface area contributed by atoms with Crippen molar-refractivity contribution in [1.29, 1.82) is 0 Å². The number of aromatic nitrogens is 2. The van der Waals surface area contributed by atoms with Gasteiger partial charge in [0.25, 0.3) is 17.7 Å². The highest BCUT2D eigenvalue weighted by molar-refractivity contribution is 5.77. The quantitative estimate of drug-likeness (QED) is 0.757. The van der Waals surface area contributed by atoms with Gasteiger partial charge in [0.05, 0.1) is 12.8 Å². The molecule has 2 aromatic rings. The van der Waals surface area contributed by atoms with E-state index < -0.39 is 0 Å². The smallest absolute Gasteiger partial charge is 0.283 e. The van der Waals surface area contributed by atoms with Crippen LogP contribution >= 0.6 is 0 Å². The summed E-state index contributed by atoms with van der Waals surface area (Å²) in [5, 5.41) is 11.3. The van der Waals surface area contributed by atoms with Gasteiger partial charge in [0.1, 0.15) is 0 Å². The highest BCUT2D eigenvalue weighted by Crippen LogP contribution is 2.18. The molecule has 1 atom stereocenters. The van der Waals surface area contributed by atoms with Crippen molar-refractivity contribution in [1.82, 2.24) is 15.5 Å². The third-order valence-electron chi connectivity index (χ3n) is 4.58. The van der Waals surface area contributed by atoms with Crippen LogP contribution in [0.2, 0.25) is 0 Å². The van der Waals surface area contributed by atoms with Crippen molar-refractivity contribution < 1.29 is 18.5 Å². The van der Waals surface area contributed by atoms with Gasteiger partial charge in [-0.15, -0.1) is 10.2 Å². The summed E-state index contributed by atoms with van der Waals surface area (Å²) in [6.07, 6.45) is 8.49. The molecule has 3 rings (SSSR count). The number of quaternary nitrogens is 1. The largest absolute Gasteiger partial charge is 0.459 e. The average molecular weight is 347 g/mol. The Kier molecular flexibility index (Phi) is 6.22. The van der Waals surface area contributed by atoms with Gasteiger partial charge >= 0.3 is 0 Å². The number of hydrogen-bond acceptors (Lipinski definition) is 5. The minimum absolute atomic E-state index is 0.112. The van der Waals surface area contributed by atoms with Crippen molar-refractivity contribution in [3.63, 3.8) is 0 Å². The normalized spacial score (nSPS) is 16.7. The van der Waals surface area contributed by atoms with E-state index >= 15 is 0 Å². The lowest BCUT2D eigenvalue weighted by atomic mass is 9.95. The minimum Gasteiger partial charge on any atom is -0.459 e. The molecular formula is C18H27N4O3+. The Morgan fingerprint density at radius 1 is 1.32 bits per heavy atom. The molecule has 1 aliphatic carbocycles. The lowest BCUT2D eigenvalue weighted by Crippen LogP contribution is -3.12. The summed E-state index contributed by atoms with van der Waals surface area (Å²) in [6, 6.07) is 3.91. The number of carbonyl (C=O) groups excluding carboxylic acids is 1. The van der Waals surface area contributed by atoms with Crippen molar-refractivity contribution in [3.8, 4) is 11.7 Å². The monoisotopic (exact) mass is 347 g/mol. The summed E-state index contributed by atoms with van der Waals surface area (Å²) in [5.41, 5.74) is 0. The number of furan rings is 1. The van der Waals surface area contributed by atoms with Crippen LogP contribution in [0.3, 0.4) is 0 Å². The van der Waals surface area contributed by atoms with Crippen LogP contribution in [0.15, 0.2) is 27.2 Å². The Balaban J connectivity index is 1.54. The van der Waals surface area contributed by atoms with Crippen LogP contribution in [0.5, 0.6) is 0 Å². The topological polar surface area (TPSA) is 85.6 Å². The van der Waals surface area contributed by atoms with E-state index in [9.17, 15) is 4.79 Å². The van der Waals surface area contributed by atoms with Gasteiger partial charge in [0, 0.05) is 6.04 Å². The standard InChI is InChI=1S/C18H26N4O3/c1-2-10-22(12-16(23)19-14-7-4-3-5-8-14)13-17-20-21-18(25-17)15-9-6-11-24-15/h6,9,11,14H,2-5,7-8,10,12-13H2,1H3,(H,19,23)/p+1. The lowest BCUT2D eigenvalue weighted by Gasteiger charge is -2.24. The molecular weight excluding hydrogens is 320 g/mol. The summed E-state index contributed by atoms with van der Waals surface area (Å²) in [6.45, 7) is 3.97. The summed E-state index contributed by atoms with van der Waals surface area (Å²) in [7, 11) is 0. The number of rotatable bonds is 8. The molecule has 25 heavy (non-hydrogen) atoms. The van der Waals surface area contributed by atoms with Crippen LogP contribution in [0.1, 0.15) is 51.3 Å². The molecule has 2 N–H and O–H groups in total. The predicted octanol–water partition coefficient (Wildman–Crippen LogP) is 1.57.